The second kappa shape index (κ2) is 5.96. The summed E-state index contributed by atoms with van der Waals surface area (Å²) in [4.78, 5) is 25.6. The summed E-state index contributed by atoms with van der Waals surface area (Å²) in [6.45, 7) is 5.92. The molecule has 5 nitrogen and oxygen atoms in total. The van der Waals surface area contributed by atoms with Crippen molar-refractivity contribution in [3.05, 3.63) is 35.4 Å². The molecule has 1 heterocycles. The largest absolute Gasteiger partial charge is 0.447 e. The van der Waals surface area contributed by atoms with Crippen molar-refractivity contribution in [3.8, 4) is 6.07 Å². The highest BCUT2D eigenvalue weighted by atomic mass is 16.6. The van der Waals surface area contributed by atoms with Crippen LogP contribution in [0.2, 0.25) is 0 Å². The Morgan fingerprint density at radius 1 is 1.33 bits per heavy atom. The minimum atomic E-state index is -0.570. The first-order valence-corrected chi connectivity index (χ1v) is 6.95. The van der Waals surface area contributed by atoms with Crippen LogP contribution in [0.5, 0.6) is 0 Å². The average molecular weight is 286 g/mol. The summed E-state index contributed by atoms with van der Waals surface area (Å²) in [5.74, 6) is -0.570. The van der Waals surface area contributed by atoms with Gasteiger partial charge >= 0.3 is 6.09 Å². The van der Waals surface area contributed by atoms with Gasteiger partial charge in [-0.15, -0.1) is 0 Å². The molecule has 0 aromatic heterocycles. The normalized spacial score (nSPS) is 19.3. The van der Waals surface area contributed by atoms with E-state index < -0.39 is 12.0 Å². The average Bonchev–Trinajstić information content (AvgIpc) is 2.87. The lowest BCUT2D eigenvalue weighted by Gasteiger charge is -2.25. The molecule has 110 valence electrons. The predicted octanol–water partition coefficient (Wildman–Crippen LogP) is 2.67. The predicted molar refractivity (Wildman–Crippen MR) is 76.4 cm³/mol. The second-order valence-corrected chi connectivity index (χ2v) is 5.55. The van der Waals surface area contributed by atoms with Crippen molar-refractivity contribution in [3.63, 3.8) is 0 Å². The van der Waals surface area contributed by atoms with Crippen molar-refractivity contribution >= 4 is 12.0 Å². The van der Waals surface area contributed by atoms with E-state index in [1.165, 1.54) is 4.90 Å². The van der Waals surface area contributed by atoms with E-state index >= 15 is 0 Å². The minimum Gasteiger partial charge on any atom is -0.447 e. The van der Waals surface area contributed by atoms with Gasteiger partial charge in [0, 0.05) is 0 Å². The Bertz CT molecular complexity index is 587. The third-order valence-electron chi connectivity index (χ3n) is 3.82. The number of benzene rings is 1. The maximum absolute atomic E-state index is 12.6. The minimum absolute atomic E-state index is 0.147. The number of carbonyl (C=O) groups is 2. The second-order valence-electron chi connectivity index (χ2n) is 5.55. The maximum Gasteiger partial charge on any atom is 0.417 e. The molecule has 2 rings (SSSR count). The Morgan fingerprint density at radius 3 is 2.48 bits per heavy atom. The van der Waals surface area contributed by atoms with Crippen LogP contribution in [0.1, 0.15) is 37.8 Å². The Labute approximate surface area is 124 Å². The molecular weight excluding hydrogens is 268 g/mol. The number of hydrogen-bond donors (Lipinski definition) is 0. The van der Waals surface area contributed by atoms with Crippen molar-refractivity contribution in [1.29, 1.82) is 5.26 Å². The van der Waals surface area contributed by atoms with Crippen molar-refractivity contribution < 1.29 is 14.3 Å². The molecule has 21 heavy (non-hydrogen) atoms. The Hall–Kier alpha value is -2.35. The van der Waals surface area contributed by atoms with Gasteiger partial charge in [-0.2, -0.15) is 5.26 Å². The first kappa shape index (κ1) is 15.0. The molecular formula is C16H18N2O3. The topological polar surface area (TPSA) is 70.4 Å². The van der Waals surface area contributed by atoms with Crippen LogP contribution in [-0.2, 0) is 9.53 Å². The van der Waals surface area contributed by atoms with Gasteiger partial charge in [-0.1, -0.05) is 26.0 Å². The summed E-state index contributed by atoms with van der Waals surface area (Å²) in [6.07, 6.45) is -0.570. The van der Waals surface area contributed by atoms with Gasteiger partial charge in [0.15, 0.2) is 0 Å². The smallest absolute Gasteiger partial charge is 0.417 e. The zero-order valence-electron chi connectivity index (χ0n) is 12.4. The highest BCUT2D eigenvalue weighted by Gasteiger charge is 2.41. The molecule has 0 saturated carbocycles. The first-order chi connectivity index (χ1) is 9.95. The molecule has 0 aliphatic carbocycles. The summed E-state index contributed by atoms with van der Waals surface area (Å²) in [7, 11) is 0. The van der Waals surface area contributed by atoms with Crippen LogP contribution < -0.4 is 0 Å². The number of carbonyl (C=O) groups excluding carboxylic acids is 2. The van der Waals surface area contributed by atoms with Gasteiger partial charge in [-0.3, -0.25) is 4.79 Å². The third-order valence-corrected chi connectivity index (χ3v) is 3.82. The van der Waals surface area contributed by atoms with E-state index in [1.54, 1.807) is 31.2 Å². The number of rotatable bonds is 3. The van der Waals surface area contributed by atoms with Crippen molar-refractivity contribution in [2.45, 2.75) is 32.7 Å². The van der Waals surface area contributed by atoms with E-state index in [4.69, 9.17) is 10.00 Å². The van der Waals surface area contributed by atoms with Crippen molar-refractivity contribution in [1.82, 2.24) is 4.90 Å². The maximum atomic E-state index is 12.6. The van der Waals surface area contributed by atoms with E-state index in [9.17, 15) is 9.59 Å². The molecule has 1 aliphatic heterocycles. The fourth-order valence-corrected chi connectivity index (χ4v) is 2.38. The van der Waals surface area contributed by atoms with E-state index in [2.05, 4.69) is 0 Å². The number of nitriles is 1. The number of nitrogens with zero attached hydrogens (tertiary/aromatic N) is 2. The SMILES string of the molecule is CC(C)[C@H]1COC(=O)N1C(=O)[C@@H](C)c1ccc(C#N)cc1. The van der Waals surface area contributed by atoms with Crippen molar-refractivity contribution in [2.75, 3.05) is 6.61 Å². The summed E-state index contributed by atoms with van der Waals surface area (Å²) >= 11 is 0. The van der Waals surface area contributed by atoms with Gasteiger partial charge in [-0.05, 0) is 30.5 Å². The van der Waals surface area contributed by atoms with Gasteiger partial charge in [0.25, 0.3) is 0 Å². The van der Waals surface area contributed by atoms with E-state index in [0.717, 1.165) is 5.56 Å². The molecule has 1 saturated heterocycles. The molecule has 0 N–H and O–H groups in total. The molecule has 0 bridgehead atoms. The molecule has 2 atom stereocenters. The van der Waals surface area contributed by atoms with Crippen molar-refractivity contribution in [2.24, 2.45) is 5.92 Å². The van der Waals surface area contributed by atoms with Crippen LogP contribution in [0.3, 0.4) is 0 Å². The van der Waals surface area contributed by atoms with E-state index in [0.29, 0.717) is 5.56 Å². The summed E-state index contributed by atoms with van der Waals surface area (Å²) in [5.41, 5.74) is 1.32. The first-order valence-electron chi connectivity index (χ1n) is 6.95. The van der Waals surface area contributed by atoms with Crippen LogP contribution in [0.4, 0.5) is 4.79 Å². The van der Waals surface area contributed by atoms with Crippen LogP contribution in [0, 0.1) is 17.2 Å². The molecule has 1 fully saturated rings. The molecule has 5 heteroatoms. The zero-order valence-corrected chi connectivity index (χ0v) is 12.4. The Morgan fingerprint density at radius 2 is 1.95 bits per heavy atom. The van der Waals surface area contributed by atoms with Gasteiger partial charge in [0.05, 0.1) is 23.6 Å². The van der Waals surface area contributed by atoms with E-state index in [1.807, 2.05) is 19.9 Å². The summed E-state index contributed by atoms with van der Waals surface area (Å²) < 4.78 is 5.01. The van der Waals surface area contributed by atoms with Gasteiger partial charge in [0.2, 0.25) is 5.91 Å². The molecule has 2 amide bonds. The fraction of sp³-hybridized carbons (Fsp3) is 0.438. The van der Waals surface area contributed by atoms with Crippen LogP contribution in [0.25, 0.3) is 0 Å². The lowest BCUT2D eigenvalue weighted by atomic mass is 9.96. The van der Waals surface area contributed by atoms with E-state index in [-0.39, 0.29) is 24.5 Å². The monoisotopic (exact) mass is 286 g/mol. The molecule has 0 radical (unpaired) electrons. The Kier molecular flexibility index (Phi) is 4.27. The highest BCUT2D eigenvalue weighted by molar-refractivity contribution is 5.97. The quantitative estimate of drug-likeness (QED) is 0.856. The standard InChI is InChI=1S/C16H18N2O3/c1-10(2)14-9-21-16(20)18(14)15(19)11(3)13-6-4-12(8-17)5-7-13/h4-7,10-11,14H,9H2,1-3H3/t11-,14+/m0/s1. The van der Waals surface area contributed by atoms with Crippen LogP contribution in [0.15, 0.2) is 24.3 Å². The van der Waals surface area contributed by atoms with Gasteiger partial charge < -0.3 is 4.74 Å². The third kappa shape index (κ3) is 2.89. The number of hydrogen-bond acceptors (Lipinski definition) is 4. The molecule has 1 aromatic carbocycles. The fourth-order valence-electron chi connectivity index (χ4n) is 2.38. The van der Waals surface area contributed by atoms with Gasteiger partial charge in [0.1, 0.15) is 6.61 Å². The van der Waals surface area contributed by atoms with Crippen LogP contribution >= 0.6 is 0 Å². The molecule has 1 aromatic rings. The number of amides is 2. The lowest BCUT2D eigenvalue weighted by Crippen LogP contribution is -2.43. The van der Waals surface area contributed by atoms with Gasteiger partial charge in [-0.25, -0.2) is 9.69 Å². The molecule has 1 aliphatic rings. The summed E-state index contributed by atoms with van der Waals surface area (Å²) in [6, 6.07) is 8.64. The number of cyclic esters (lactones) is 1. The highest BCUT2D eigenvalue weighted by Crippen LogP contribution is 2.26. The molecule has 0 unspecified atom stereocenters. The Balaban J connectivity index is 2.21. The van der Waals surface area contributed by atoms with Crippen LogP contribution in [-0.4, -0.2) is 29.5 Å². The number of ether oxygens (including phenoxy) is 1. The lowest BCUT2D eigenvalue weighted by molar-refractivity contribution is -0.131. The summed E-state index contributed by atoms with van der Waals surface area (Å²) in [5, 5.41) is 8.79. The zero-order chi connectivity index (χ0) is 15.6. The number of imide groups is 1. The molecule has 0 spiro atoms.